The normalized spacial score (nSPS) is 12.9. The molecule has 0 saturated carbocycles. The average molecular weight is 234 g/mol. The topological polar surface area (TPSA) is 29.3 Å². The van der Waals surface area contributed by atoms with Gasteiger partial charge in [-0.3, -0.25) is 0 Å². The first-order valence-corrected chi connectivity index (χ1v) is 6.57. The molecule has 1 aromatic carbocycles. The summed E-state index contributed by atoms with van der Waals surface area (Å²) < 4.78 is 0. The van der Waals surface area contributed by atoms with Crippen molar-refractivity contribution < 1.29 is 0 Å². The van der Waals surface area contributed by atoms with E-state index in [2.05, 4.69) is 57.7 Å². The highest BCUT2D eigenvalue weighted by Gasteiger charge is 2.13. The van der Waals surface area contributed by atoms with Crippen LogP contribution in [0.5, 0.6) is 0 Å². The molecule has 0 aliphatic heterocycles. The van der Waals surface area contributed by atoms with Crippen LogP contribution in [0, 0.1) is 6.92 Å². The molecule has 0 spiro atoms. The molecule has 0 radical (unpaired) electrons. The molecular weight excluding hydrogens is 208 g/mol. The summed E-state index contributed by atoms with van der Waals surface area (Å²) in [4.78, 5) is 2.43. The summed E-state index contributed by atoms with van der Waals surface area (Å²) in [5, 5.41) is 0. The van der Waals surface area contributed by atoms with Crippen LogP contribution in [0.2, 0.25) is 0 Å². The van der Waals surface area contributed by atoms with Gasteiger partial charge in [-0.1, -0.05) is 17.7 Å². The van der Waals surface area contributed by atoms with Gasteiger partial charge in [-0.15, -0.1) is 0 Å². The first-order chi connectivity index (χ1) is 7.95. The van der Waals surface area contributed by atoms with Crippen molar-refractivity contribution >= 4 is 5.69 Å². The molecule has 1 aromatic rings. The molecule has 0 saturated heterocycles. The third-order valence-corrected chi connectivity index (χ3v) is 3.05. The Morgan fingerprint density at radius 2 is 1.88 bits per heavy atom. The molecule has 0 amide bonds. The predicted molar refractivity (Wildman–Crippen MR) is 76.7 cm³/mol. The molecular formula is C15H26N2. The van der Waals surface area contributed by atoms with Crippen molar-refractivity contribution in [3.05, 3.63) is 29.3 Å². The van der Waals surface area contributed by atoms with E-state index in [1.165, 1.54) is 16.8 Å². The lowest BCUT2D eigenvalue weighted by Gasteiger charge is -2.30. The lowest BCUT2D eigenvalue weighted by atomic mass is 10.0. The first-order valence-electron chi connectivity index (χ1n) is 6.57. The average Bonchev–Trinajstić information content (AvgIpc) is 2.20. The molecule has 2 nitrogen and oxygen atoms in total. The van der Waals surface area contributed by atoms with Gasteiger partial charge in [0, 0.05) is 24.3 Å². The Bertz CT molecular complexity index is 356. The molecule has 0 heterocycles. The van der Waals surface area contributed by atoms with Gasteiger partial charge >= 0.3 is 0 Å². The van der Waals surface area contributed by atoms with Crippen LogP contribution in [0.3, 0.4) is 0 Å². The van der Waals surface area contributed by atoms with Gasteiger partial charge in [0.1, 0.15) is 0 Å². The molecule has 0 aliphatic carbocycles. The molecule has 1 atom stereocenters. The quantitative estimate of drug-likeness (QED) is 0.848. The smallest absolute Gasteiger partial charge is 0.0401 e. The van der Waals surface area contributed by atoms with Crippen LogP contribution >= 0.6 is 0 Å². The fourth-order valence-electron chi connectivity index (χ4n) is 2.32. The van der Waals surface area contributed by atoms with Crippen molar-refractivity contribution in [1.29, 1.82) is 0 Å². The van der Waals surface area contributed by atoms with E-state index < -0.39 is 0 Å². The van der Waals surface area contributed by atoms with Gasteiger partial charge in [0.15, 0.2) is 0 Å². The van der Waals surface area contributed by atoms with E-state index >= 15 is 0 Å². The Balaban J connectivity index is 3.12. The number of nitrogens with zero attached hydrogens (tertiary/aromatic N) is 1. The van der Waals surface area contributed by atoms with Crippen molar-refractivity contribution in [2.75, 3.05) is 11.4 Å². The molecule has 0 bridgehead atoms. The predicted octanol–water partition coefficient (Wildman–Crippen LogP) is 3.12. The number of anilines is 1. The Morgan fingerprint density at radius 3 is 2.35 bits per heavy atom. The number of nitrogens with two attached hydrogens (primary N) is 1. The van der Waals surface area contributed by atoms with Gasteiger partial charge in [-0.25, -0.2) is 0 Å². The van der Waals surface area contributed by atoms with E-state index in [0.717, 1.165) is 13.0 Å². The van der Waals surface area contributed by atoms with E-state index in [4.69, 9.17) is 5.73 Å². The highest BCUT2D eigenvalue weighted by atomic mass is 15.1. The number of hydrogen-bond acceptors (Lipinski definition) is 2. The monoisotopic (exact) mass is 234 g/mol. The highest BCUT2D eigenvalue weighted by molar-refractivity contribution is 5.55. The van der Waals surface area contributed by atoms with Crippen molar-refractivity contribution in [1.82, 2.24) is 0 Å². The fourth-order valence-corrected chi connectivity index (χ4v) is 2.32. The van der Waals surface area contributed by atoms with E-state index in [9.17, 15) is 0 Å². The van der Waals surface area contributed by atoms with Crippen molar-refractivity contribution in [2.24, 2.45) is 5.73 Å². The van der Waals surface area contributed by atoms with Gasteiger partial charge < -0.3 is 10.6 Å². The number of benzene rings is 1. The number of hydrogen-bond donors (Lipinski definition) is 1. The summed E-state index contributed by atoms with van der Waals surface area (Å²) in [5.74, 6) is 0. The van der Waals surface area contributed by atoms with E-state index in [1.807, 2.05) is 0 Å². The minimum Gasteiger partial charge on any atom is -0.369 e. The second-order valence-corrected chi connectivity index (χ2v) is 5.19. The molecule has 0 fully saturated rings. The molecule has 1 unspecified atom stereocenters. The summed E-state index contributed by atoms with van der Waals surface area (Å²) in [6.45, 7) is 11.9. The Kier molecular flexibility index (Phi) is 5.01. The van der Waals surface area contributed by atoms with Crippen molar-refractivity contribution in [3.8, 4) is 0 Å². The lowest BCUT2D eigenvalue weighted by Crippen LogP contribution is -2.32. The maximum Gasteiger partial charge on any atom is 0.0401 e. The molecule has 0 aromatic heterocycles. The SMILES string of the molecule is CCN(c1ccc(C)cc1CC(C)N)C(C)C. The van der Waals surface area contributed by atoms with Crippen LogP contribution in [0.4, 0.5) is 5.69 Å². The fraction of sp³-hybridized carbons (Fsp3) is 0.600. The van der Waals surface area contributed by atoms with Crippen LogP contribution in [0.15, 0.2) is 18.2 Å². The third-order valence-electron chi connectivity index (χ3n) is 3.05. The van der Waals surface area contributed by atoms with E-state index in [0.29, 0.717) is 6.04 Å². The number of rotatable bonds is 5. The van der Waals surface area contributed by atoms with Crippen LogP contribution in [-0.4, -0.2) is 18.6 Å². The highest BCUT2D eigenvalue weighted by Crippen LogP contribution is 2.24. The van der Waals surface area contributed by atoms with Gasteiger partial charge in [0.2, 0.25) is 0 Å². The van der Waals surface area contributed by atoms with E-state index in [-0.39, 0.29) is 6.04 Å². The van der Waals surface area contributed by atoms with Crippen LogP contribution in [0.25, 0.3) is 0 Å². The van der Waals surface area contributed by atoms with Gasteiger partial charge in [-0.05, 0) is 52.7 Å². The number of aryl methyl sites for hydroxylation is 1. The molecule has 1 rings (SSSR count). The van der Waals surface area contributed by atoms with Crippen molar-refractivity contribution in [2.45, 2.75) is 53.1 Å². The van der Waals surface area contributed by atoms with Crippen LogP contribution in [-0.2, 0) is 6.42 Å². The minimum atomic E-state index is 0.210. The summed E-state index contributed by atoms with van der Waals surface area (Å²) >= 11 is 0. The van der Waals surface area contributed by atoms with Crippen LogP contribution < -0.4 is 10.6 Å². The summed E-state index contributed by atoms with van der Waals surface area (Å²) in [7, 11) is 0. The lowest BCUT2D eigenvalue weighted by molar-refractivity contribution is 0.686. The van der Waals surface area contributed by atoms with Crippen LogP contribution in [0.1, 0.15) is 38.8 Å². The summed E-state index contributed by atoms with van der Waals surface area (Å²) in [5.41, 5.74) is 9.96. The maximum absolute atomic E-state index is 5.94. The van der Waals surface area contributed by atoms with Gasteiger partial charge in [0.05, 0.1) is 0 Å². The largest absolute Gasteiger partial charge is 0.369 e. The first kappa shape index (κ1) is 14.0. The molecule has 2 N–H and O–H groups in total. The molecule has 17 heavy (non-hydrogen) atoms. The van der Waals surface area contributed by atoms with E-state index in [1.54, 1.807) is 0 Å². The second-order valence-electron chi connectivity index (χ2n) is 5.19. The molecule has 2 heteroatoms. The molecule has 0 aliphatic rings. The minimum absolute atomic E-state index is 0.210. The maximum atomic E-state index is 5.94. The Hall–Kier alpha value is -1.02. The summed E-state index contributed by atoms with van der Waals surface area (Å²) in [6, 6.07) is 7.42. The zero-order chi connectivity index (χ0) is 13.0. The zero-order valence-electron chi connectivity index (χ0n) is 11.8. The third kappa shape index (κ3) is 3.74. The zero-order valence-corrected chi connectivity index (χ0v) is 11.8. The second kappa shape index (κ2) is 6.06. The van der Waals surface area contributed by atoms with Gasteiger partial charge in [0.25, 0.3) is 0 Å². The van der Waals surface area contributed by atoms with Crippen molar-refractivity contribution in [3.63, 3.8) is 0 Å². The molecule has 96 valence electrons. The van der Waals surface area contributed by atoms with Gasteiger partial charge in [-0.2, -0.15) is 0 Å². The Labute approximate surface area is 106 Å². The Morgan fingerprint density at radius 1 is 1.24 bits per heavy atom. The standard InChI is InChI=1S/C15H26N2/c1-6-17(11(2)3)15-8-7-12(4)9-14(15)10-13(5)16/h7-9,11,13H,6,10,16H2,1-5H3. The summed E-state index contributed by atoms with van der Waals surface area (Å²) in [6.07, 6.45) is 0.945.